The van der Waals surface area contributed by atoms with Crippen molar-refractivity contribution in [2.45, 2.75) is 37.6 Å². The number of nitriles is 1. The third-order valence-corrected chi connectivity index (χ3v) is 5.23. The number of aliphatic hydroxyl groups excluding tert-OH is 1. The Balaban J connectivity index is 3.18. The molecular weight excluding hydrogens is 276 g/mol. The molecule has 0 amide bonds. The molecule has 0 saturated heterocycles. The summed E-state index contributed by atoms with van der Waals surface area (Å²) in [6, 6.07) is 7.65. The molecule has 0 atom stereocenters. The molecule has 0 radical (unpaired) electrons. The van der Waals surface area contributed by atoms with E-state index in [2.05, 4.69) is 0 Å². The van der Waals surface area contributed by atoms with E-state index < -0.39 is 10.0 Å². The lowest BCUT2D eigenvalue weighted by Gasteiger charge is -2.29. The van der Waals surface area contributed by atoms with Crippen LogP contribution in [0.4, 0.5) is 0 Å². The van der Waals surface area contributed by atoms with Crippen molar-refractivity contribution in [1.82, 2.24) is 4.31 Å². The Morgan fingerprint density at radius 1 is 1.25 bits per heavy atom. The highest BCUT2D eigenvalue weighted by Crippen LogP contribution is 2.21. The summed E-state index contributed by atoms with van der Waals surface area (Å²) in [5.74, 6) is 0. The van der Waals surface area contributed by atoms with Gasteiger partial charge in [0.25, 0.3) is 0 Å². The highest BCUT2D eigenvalue weighted by atomic mass is 32.2. The van der Waals surface area contributed by atoms with Gasteiger partial charge < -0.3 is 5.11 Å². The Bertz CT molecular complexity index is 557. The fourth-order valence-electron chi connectivity index (χ4n) is 2.13. The summed E-state index contributed by atoms with van der Waals surface area (Å²) in [6.07, 6.45) is 1.37. The maximum atomic E-state index is 12.6. The number of benzene rings is 1. The molecule has 1 N–H and O–H groups in total. The topological polar surface area (TPSA) is 81.4 Å². The second kappa shape index (κ2) is 7.39. The zero-order valence-electron chi connectivity index (χ0n) is 11.8. The molecule has 0 aliphatic carbocycles. The Hall–Kier alpha value is -1.42. The van der Waals surface area contributed by atoms with Crippen molar-refractivity contribution in [3.63, 3.8) is 0 Å². The van der Waals surface area contributed by atoms with Gasteiger partial charge in [0.2, 0.25) is 10.0 Å². The summed E-state index contributed by atoms with van der Waals surface area (Å²) in [6.45, 7) is 3.71. The fraction of sp³-hybridized carbons (Fsp3) is 0.500. The van der Waals surface area contributed by atoms with E-state index in [0.29, 0.717) is 18.4 Å². The van der Waals surface area contributed by atoms with Crippen molar-refractivity contribution in [1.29, 1.82) is 5.26 Å². The van der Waals surface area contributed by atoms with Crippen LogP contribution >= 0.6 is 0 Å². The Morgan fingerprint density at radius 2 is 1.80 bits per heavy atom. The third-order valence-electron chi connectivity index (χ3n) is 3.26. The lowest BCUT2D eigenvalue weighted by atomic mass is 10.2. The molecule has 110 valence electrons. The van der Waals surface area contributed by atoms with Gasteiger partial charge in [-0.1, -0.05) is 13.8 Å². The van der Waals surface area contributed by atoms with Crippen molar-refractivity contribution in [3.8, 4) is 6.07 Å². The first-order valence-corrected chi connectivity index (χ1v) is 8.08. The van der Waals surface area contributed by atoms with Crippen molar-refractivity contribution >= 4 is 10.0 Å². The van der Waals surface area contributed by atoms with Gasteiger partial charge in [-0.2, -0.15) is 9.57 Å². The minimum atomic E-state index is -3.65. The molecule has 0 aliphatic rings. The molecule has 20 heavy (non-hydrogen) atoms. The largest absolute Gasteiger partial charge is 0.395 e. The maximum Gasteiger partial charge on any atom is 0.243 e. The average molecular weight is 296 g/mol. The number of hydrogen-bond acceptors (Lipinski definition) is 4. The van der Waals surface area contributed by atoms with Crippen LogP contribution in [-0.2, 0) is 10.0 Å². The van der Waals surface area contributed by atoms with Gasteiger partial charge in [-0.05, 0) is 37.1 Å². The Kier molecular flexibility index (Phi) is 6.14. The van der Waals surface area contributed by atoms with Crippen LogP contribution in [0.3, 0.4) is 0 Å². The van der Waals surface area contributed by atoms with E-state index in [1.807, 2.05) is 19.9 Å². The highest BCUT2D eigenvalue weighted by molar-refractivity contribution is 7.89. The van der Waals surface area contributed by atoms with E-state index in [1.54, 1.807) is 0 Å². The van der Waals surface area contributed by atoms with E-state index in [1.165, 1.54) is 28.6 Å². The standard InChI is InChI=1S/C14H20N2O3S/c1-3-13(4-2)16(9-10-17)20(18,19)14-7-5-12(11-15)6-8-14/h5-8,13,17H,3-4,9-10H2,1-2H3. The van der Waals surface area contributed by atoms with E-state index in [9.17, 15) is 8.42 Å². The number of aliphatic hydroxyl groups is 1. The van der Waals surface area contributed by atoms with E-state index in [4.69, 9.17) is 10.4 Å². The number of nitrogens with zero attached hydrogens (tertiary/aromatic N) is 2. The second-order valence-electron chi connectivity index (χ2n) is 4.45. The van der Waals surface area contributed by atoms with Gasteiger partial charge >= 0.3 is 0 Å². The Labute approximate surface area is 120 Å². The molecule has 0 spiro atoms. The van der Waals surface area contributed by atoms with Gasteiger partial charge in [0.05, 0.1) is 23.1 Å². The van der Waals surface area contributed by atoms with Crippen LogP contribution in [0.5, 0.6) is 0 Å². The summed E-state index contributed by atoms with van der Waals surface area (Å²) in [4.78, 5) is 0.150. The van der Waals surface area contributed by atoms with Crippen LogP contribution in [0, 0.1) is 11.3 Å². The molecule has 0 saturated carbocycles. The van der Waals surface area contributed by atoms with Gasteiger partial charge in [-0.3, -0.25) is 0 Å². The molecule has 5 nitrogen and oxygen atoms in total. The van der Waals surface area contributed by atoms with Crippen LogP contribution in [0.2, 0.25) is 0 Å². The Morgan fingerprint density at radius 3 is 2.20 bits per heavy atom. The molecule has 0 unspecified atom stereocenters. The minimum absolute atomic E-state index is 0.0781. The smallest absolute Gasteiger partial charge is 0.243 e. The predicted octanol–water partition coefficient (Wildman–Crippen LogP) is 1.73. The monoisotopic (exact) mass is 296 g/mol. The zero-order chi connectivity index (χ0) is 15.2. The van der Waals surface area contributed by atoms with Crippen LogP contribution in [-0.4, -0.2) is 37.0 Å². The molecule has 6 heteroatoms. The average Bonchev–Trinajstić information content (AvgIpc) is 2.47. The van der Waals surface area contributed by atoms with Crippen molar-refractivity contribution in [2.24, 2.45) is 0 Å². The molecule has 0 fully saturated rings. The molecular formula is C14H20N2O3S. The number of hydrogen-bond donors (Lipinski definition) is 1. The first kappa shape index (κ1) is 16.6. The lowest BCUT2D eigenvalue weighted by Crippen LogP contribution is -2.41. The molecule has 0 aliphatic heterocycles. The van der Waals surface area contributed by atoms with Crippen molar-refractivity contribution in [3.05, 3.63) is 29.8 Å². The molecule has 0 aromatic heterocycles. The zero-order valence-corrected chi connectivity index (χ0v) is 12.6. The summed E-state index contributed by atoms with van der Waals surface area (Å²) < 4.78 is 26.6. The van der Waals surface area contributed by atoms with E-state index in [-0.39, 0.29) is 24.1 Å². The van der Waals surface area contributed by atoms with E-state index in [0.717, 1.165) is 0 Å². The van der Waals surface area contributed by atoms with Crippen LogP contribution < -0.4 is 0 Å². The molecule has 1 aromatic rings. The summed E-state index contributed by atoms with van der Waals surface area (Å²) in [5.41, 5.74) is 0.417. The van der Waals surface area contributed by atoms with Gasteiger partial charge in [0.1, 0.15) is 0 Å². The highest BCUT2D eigenvalue weighted by Gasteiger charge is 2.29. The predicted molar refractivity (Wildman–Crippen MR) is 76.5 cm³/mol. The second-order valence-corrected chi connectivity index (χ2v) is 6.34. The van der Waals surface area contributed by atoms with Crippen LogP contribution in [0.25, 0.3) is 0 Å². The molecule has 0 heterocycles. The number of rotatable bonds is 7. The third kappa shape index (κ3) is 3.57. The normalized spacial score (nSPS) is 11.8. The fourth-order valence-corrected chi connectivity index (χ4v) is 3.89. The summed E-state index contributed by atoms with van der Waals surface area (Å²) in [5, 5.41) is 17.9. The van der Waals surface area contributed by atoms with Gasteiger partial charge in [0, 0.05) is 12.6 Å². The van der Waals surface area contributed by atoms with Gasteiger partial charge in [0.15, 0.2) is 0 Å². The first-order valence-electron chi connectivity index (χ1n) is 6.64. The SMILES string of the molecule is CCC(CC)N(CCO)S(=O)(=O)c1ccc(C#N)cc1. The van der Waals surface area contributed by atoms with Crippen LogP contribution in [0.1, 0.15) is 32.3 Å². The molecule has 0 bridgehead atoms. The minimum Gasteiger partial charge on any atom is -0.395 e. The maximum absolute atomic E-state index is 12.6. The van der Waals surface area contributed by atoms with Crippen LogP contribution in [0.15, 0.2) is 29.2 Å². The molecule has 1 rings (SSSR count). The van der Waals surface area contributed by atoms with Gasteiger partial charge in [-0.15, -0.1) is 0 Å². The molecule has 1 aromatic carbocycles. The van der Waals surface area contributed by atoms with E-state index >= 15 is 0 Å². The summed E-state index contributed by atoms with van der Waals surface area (Å²) in [7, 11) is -3.65. The van der Waals surface area contributed by atoms with Gasteiger partial charge in [-0.25, -0.2) is 8.42 Å². The van der Waals surface area contributed by atoms with Crippen molar-refractivity contribution < 1.29 is 13.5 Å². The van der Waals surface area contributed by atoms with Crippen molar-refractivity contribution in [2.75, 3.05) is 13.2 Å². The first-order chi connectivity index (χ1) is 9.51. The lowest BCUT2D eigenvalue weighted by molar-refractivity contribution is 0.219. The number of sulfonamides is 1. The summed E-state index contributed by atoms with van der Waals surface area (Å²) >= 11 is 0. The quantitative estimate of drug-likeness (QED) is 0.830.